The van der Waals surface area contributed by atoms with Gasteiger partial charge in [-0.3, -0.25) is 14.5 Å². The molecular weight excluding hydrogens is 362 g/mol. The zero-order valence-electron chi connectivity index (χ0n) is 15.7. The molecule has 0 atom stereocenters. The molecule has 2 amide bonds. The predicted octanol–water partition coefficient (Wildman–Crippen LogP) is 4.02. The van der Waals surface area contributed by atoms with Crippen LogP contribution in [0.25, 0.3) is 0 Å². The van der Waals surface area contributed by atoms with Gasteiger partial charge in [0.25, 0.3) is 5.91 Å². The van der Waals surface area contributed by atoms with Gasteiger partial charge in [0.1, 0.15) is 0 Å². The molecule has 0 heterocycles. The highest BCUT2D eigenvalue weighted by molar-refractivity contribution is 6.34. The Kier molecular flexibility index (Phi) is 8.55. The van der Waals surface area contributed by atoms with Gasteiger partial charge in [0.15, 0.2) is 0 Å². The van der Waals surface area contributed by atoms with Crippen LogP contribution in [0.2, 0.25) is 5.02 Å². The van der Waals surface area contributed by atoms with Crippen LogP contribution in [0.5, 0.6) is 0 Å². The molecule has 0 radical (unpaired) electrons. The van der Waals surface area contributed by atoms with Crippen molar-refractivity contribution in [1.29, 1.82) is 0 Å². The summed E-state index contributed by atoms with van der Waals surface area (Å²) in [6.45, 7) is 8.79. The molecule has 0 spiro atoms. The number of halogens is 1. The highest BCUT2D eigenvalue weighted by Crippen LogP contribution is 2.23. The first-order chi connectivity index (χ1) is 13.0. The smallest absolute Gasteiger partial charge is 0.253 e. The van der Waals surface area contributed by atoms with Crippen molar-refractivity contribution in [2.75, 3.05) is 25.0 Å². The molecule has 1 saturated carbocycles. The van der Waals surface area contributed by atoms with Crippen molar-refractivity contribution >= 4 is 29.1 Å². The molecule has 2 N–H and O–H groups in total. The van der Waals surface area contributed by atoms with Crippen LogP contribution in [-0.4, -0.2) is 42.4 Å². The summed E-state index contributed by atoms with van der Waals surface area (Å²) >= 11 is 6.21. The molecule has 1 fully saturated rings. The van der Waals surface area contributed by atoms with E-state index in [1.165, 1.54) is 6.42 Å². The molecule has 1 aliphatic carbocycles. The summed E-state index contributed by atoms with van der Waals surface area (Å²) < 4.78 is 0. The van der Waals surface area contributed by atoms with Crippen molar-refractivity contribution in [3.05, 3.63) is 54.1 Å². The Bertz CT molecular complexity index is 674. The highest BCUT2D eigenvalue weighted by Gasteiger charge is 2.19. The summed E-state index contributed by atoms with van der Waals surface area (Å²) in [5.41, 5.74) is 0.935. The van der Waals surface area contributed by atoms with Crippen molar-refractivity contribution in [3.8, 4) is 0 Å². The molecule has 0 aromatic heterocycles. The van der Waals surface area contributed by atoms with Gasteiger partial charge in [-0.1, -0.05) is 43.0 Å². The van der Waals surface area contributed by atoms with Crippen molar-refractivity contribution in [1.82, 2.24) is 10.2 Å². The van der Waals surface area contributed by atoms with E-state index < -0.39 is 0 Å². The number of hydrogen-bond acceptors (Lipinski definition) is 3. The number of rotatable bonds is 9. The lowest BCUT2D eigenvalue weighted by Crippen LogP contribution is -2.36. The first-order valence-electron chi connectivity index (χ1n) is 9.38. The van der Waals surface area contributed by atoms with Crippen LogP contribution in [0.3, 0.4) is 0 Å². The number of amides is 2. The third-order valence-corrected chi connectivity index (χ3v) is 4.91. The molecule has 2 rings (SSSR count). The van der Waals surface area contributed by atoms with E-state index in [1.807, 2.05) is 4.90 Å². The van der Waals surface area contributed by atoms with Gasteiger partial charge < -0.3 is 10.6 Å². The Morgan fingerprint density at radius 1 is 1.15 bits per heavy atom. The number of anilines is 1. The standard InChI is InChI=1S/C21H28ClN3O2/c1-3-12-25(13-4-2)15-20(26)23-17-10-11-19(22)18(14-17)21(27)24-16-8-6-5-7-9-16/h3-4,10-11,14,16H,1-2,5-9,12-13,15H2,(H,23,26)(H,24,27). The molecule has 6 heteroatoms. The largest absolute Gasteiger partial charge is 0.349 e. The Labute approximate surface area is 166 Å². The van der Waals surface area contributed by atoms with E-state index >= 15 is 0 Å². The van der Waals surface area contributed by atoms with Gasteiger partial charge in [-0.15, -0.1) is 13.2 Å². The van der Waals surface area contributed by atoms with Gasteiger partial charge in [-0.05, 0) is 31.0 Å². The van der Waals surface area contributed by atoms with Crippen molar-refractivity contribution in [2.45, 2.75) is 38.1 Å². The summed E-state index contributed by atoms with van der Waals surface area (Å²) in [6.07, 6.45) is 8.99. The molecule has 146 valence electrons. The SMILES string of the molecule is C=CCN(CC=C)CC(=O)Nc1ccc(Cl)c(C(=O)NC2CCCCC2)c1. The average Bonchev–Trinajstić information content (AvgIpc) is 2.64. The summed E-state index contributed by atoms with van der Waals surface area (Å²) in [7, 11) is 0. The Morgan fingerprint density at radius 2 is 1.81 bits per heavy atom. The molecule has 1 aliphatic rings. The molecule has 27 heavy (non-hydrogen) atoms. The maximum absolute atomic E-state index is 12.6. The minimum absolute atomic E-state index is 0.167. The number of nitrogens with one attached hydrogen (secondary N) is 2. The van der Waals surface area contributed by atoms with E-state index in [2.05, 4.69) is 23.8 Å². The summed E-state index contributed by atoms with van der Waals surface area (Å²) in [5.74, 6) is -0.359. The second kappa shape index (κ2) is 10.9. The van der Waals surface area contributed by atoms with Crippen LogP contribution in [0.1, 0.15) is 42.5 Å². The van der Waals surface area contributed by atoms with Crippen LogP contribution in [-0.2, 0) is 4.79 Å². The van der Waals surface area contributed by atoms with Crippen LogP contribution in [0.15, 0.2) is 43.5 Å². The number of nitrogens with zero attached hydrogens (tertiary/aromatic N) is 1. The van der Waals surface area contributed by atoms with Crippen molar-refractivity contribution in [3.63, 3.8) is 0 Å². The monoisotopic (exact) mass is 389 g/mol. The topological polar surface area (TPSA) is 61.4 Å². The van der Waals surface area contributed by atoms with Crippen molar-refractivity contribution in [2.24, 2.45) is 0 Å². The minimum atomic E-state index is -0.192. The van der Waals surface area contributed by atoms with Crippen LogP contribution >= 0.6 is 11.6 Å². The number of carbonyl (C=O) groups is 2. The third-order valence-electron chi connectivity index (χ3n) is 4.58. The number of carbonyl (C=O) groups excluding carboxylic acids is 2. The maximum atomic E-state index is 12.6. The predicted molar refractivity (Wildman–Crippen MR) is 111 cm³/mol. The lowest BCUT2D eigenvalue weighted by atomic mass is 9.95. The van der Waals surface area contributed by atoms with Gasteiger partial charge >= 0.3 is 0 Å². The molecular formula is C21H28ClN3O2. The van der Waals surface area contributed by atoms with Gasteiger partial charge in [-0.25, -0.2) is 0 Å². The summed E-state index contributed by atoms with van der Waals surface area (Å²) in [6, 6.07) is 5.16. The van der Waals surface area contributed by atoms with Crippen molar-refractivity contribution < 1.29 is 9.59 Å². The minimum Gasteiger partial charge on any atom is -0.349 e. The zero-order chi connectivity index (χ0) is 19.6. The van der Waals surface area contributed by atoms with Gasteiger partial charge in [-0.2, -0.15) is 0 Å². The van der Waals surface area contributed by atoms with E-state index in [1.54, 1.807) is 30.4 Å². The normalized spacial score (nSPS) is 14.6. The molecule has 0 bridgehead atoms. The average molecular weight is 390 g/mol. The molecule has 0 saturated heterocycles. The summed E-state index contributed by atoms with van der Waals surface area (Å²) in [5, 5.41) is 6.26. The highest BCUT2D eigenvalue weighted by atomic mass is 35.5. The van der Waals surface area contributed by atoms with E-state index in [-0.39, 0.29) is 24.4 Å². The molecule has 1 aromatic carbocycles. The number of hydrogen-bond donors (Lipinski definition) is 2. The van der Waals surface area contributed by atoms with Crippen LogP contribution in [0, 0.1) is 0 Å². The van der Waals surface area contributed by atoms with Gasteiger partial charge in [0, 0.05) is 24.8 Å². The first-order valence-corrected chi connectivity index (χ1v) is 9.75. The van der Waals surface area contributed by atoms with E-state index in [9.17, 15) is 9.59 Å². The second-order valence-electron chi connectivity index (χ2n) is 6.82. The maximum Gasteiger partial charge on any atom is 0.253 e. The zero-order valence-corrected chi connectivity index (χ0v) is 16.4. The first kappa shape index (κ1) is 21.2. The van der Waals surface area contributed by atoms with Crippen LogP contribution in [0.4, 0.5) is 5.69 Å². The number of benzene rings is 1. The van der Waals surface area contributed by atoms with E-state index in [0.29, 0.717) is 29.4 Å². The third kappa shape index (κ3) is 6.85. The van der Waals surface area contributed by atoms with Gasteiger partial charge in [0.2, 0.25) is 5.91 Å². The molecule has 5 nitrogen and oxygen atoms in total. The Morgan fingerprint density at radius 3 is 2.44 bits per heavy atom. The fourth-order valence-electron chi connectivity index (χ4n) is 3.26. The Balaban J connectivity index is 2.00. The van der Waals surface area contributed by atoms with E-state index in [4.69, 9.17) is 11.6 Å². The second-order valence-corrected chi connectivity index (χ2v) is 7.23. The van der Waals surface area contributed by atoms with Crippen LogP contribution < -0.4 is 10.6 Å². The lowest BCUT2D eigenvalue weighted by molar-refractivity contribution is -0.117. The van der Waals surface area contributed by atoms with Gasteiger partial charge in [0.05, 0.1) is 17.1 Å². The molecule has 0 aliphatic heterocycles. The fourth-order valence-corrected chi connectivity index (χ4v) is 3.46. The summed E-state index contributed by atoms with van der Waals surface area (Å²) in [4.78, 5) is 26.8. The van der Waals surface area contributed by atoms with E-state index in [0.717, 1.165) is 25.7 Å². The molecule has 1 aromatic rings. The fraction of sp³-hybridized carbons (Fsp3) is 0.429. The quantitative estimate of drug-likeness (QED) is 0.627. The Hall–Kier alpha value is -2.11. The molecule has 0 unspecified atom stereocenters. The lowest BCUT2D eigenvalue weighted by Gasteiger charge is -2.23.